The SMILES string of the molecule is O=C1CCC(N2Cc3cc(CNC(=O)[C@@H](NC(=O)OC4CCOCC4)c4ccccc4)ccc3C2=O)C(=O)N1. The molecule has 5 amide bonds. The van der Waals surface area contributed by atoms with E-state index in [9.17, 15) is 24.0 Å². The van der Waals surface area contributed by atoms with Crippen molar-refractivity contribution in [3.63, 3.8) is 0 Å². The molecule has 1 unspecified atom stereocenters. The minimum Gasteiger partial charge on any atom is -0.446 e. The summed E-state index contributed by atoms with van der Waals surface area (Å²) in [5.74, 6) is -1.47. The van der Waals surface area contributed by atoms with Gasteiger partial charge in [0.15, 0.2) is 0 Å². The second kappa shape index (κ2) is 11.6. The summed E-state index contributed by atoms with van der Waals surface area (Å²) >= 11 is 0. The number of hydrogen-bond acceptors (Lipinski definition) is 7. The van der Waals surface area contributed by atoms with Gasteiger partial charge in [0.25, 0.3) is 5.91 Å². The van der Waals surface area contributed by atoms with Gasteiger partial charge in [-0.05, 0) is 29.2 Å². The van der Waals surface area contributed by atoms with E-state index >= 15 is 0 Å². The van der Waals surface area contributed by atoms with Crippen LogP contribution in [0.4, 0.5) is 4.79 Å². The van der Waals surface area contributed by atoms with Gasteiger partial charge >= 0.3 is 6.09 Å². The van der Waals surface area contributed by atoms with Crippen LogP contribution in [0.15, 0.2) is 48.5 Å². The Morgan fingerprint density at radius 2 is 1.82 bits per heavy atom. The van der Waals surface area contributed by atoms with Crippen molar-refractivity contribution in [2.24, 2.45) is 0 Å². The van der Waals surface area contributed by atoms with E-state index in [2.05, 4.69) is 16.0 Å². The zero-order chi connectivity index (χ0) is 27.4. The first kappa shape index (κ1) is 26.4. The van der Waals surface area contributed by atoms with Crippen molar-refractivity contribution in [2.45, 2.75) is 57.0 Å². The highest BCUT2D eigenvalue weighted by atomic mass is 16.6. The fraction of sp³-hybridized carbons (Fsp3) is 0.393. The predicted molar refractivity (Wildman–Crippen MR) is 137 cm³/mol. The molecule has 0 bridgehead atoms. The Labute approximate surface area is 225 Å². The Bertz CT molecular complexity index is 1280. The van der Waals surface area contributed by atoms with Crippen LogP contribution in [0.2, 0.25) is 0 Å². The largest absolute Gasteiger partial charge is 0.446 e. The molecule has 2 saturated heterocycles. The number of nitrogens with one attached hydrogen (secondary N) is 3. The summed E-state index contributed by atoms with van der Waals surface area (Å²) in [4.78, 5) is 64.0. The topological polar surface area (TPSA) is 143 Å². The summed E-state index contributed by atoms with van der Waals surface area (Å²) in [5, 5.41) is 7.85. The molecule has 3 heterocycles. The molecule has 2 aromatic carbocycles. The molecule has 39 heavy (non-hydrogen) atoms. The lowest BCUT2D eigenvalue weighted by molar-refractivity contribution is -0.137. The maximum Gasteiger partial charge on any atom is 0.408 e. The van der Waals surface area contributed by atoms with Crippen molar-refractivity contribution in [2.75, 3.05) is 13.2 Å². The van der Waals surface area contributed by atoms with Gasteiger partial charge in [-0.25, -0.2) is 4.79 Å². The van der Waals surface area contributed by atoms with Crippen LogP contribution in [0.5, 0.6) is 0 Å². The van der Waals surface area contributed by atoms with E-state index in [0.717, 1.165) is 11.1 Å². The number of hydrogen-bond donors (Lipinski definition) is 3. The summed E-state index contributed by atoms with van der Waals surface area (Å²) in [6.45, 7) is 1.46. The molecule has 2 aromatic rings. The third kappa shape index (κ3) is 6.09. The number of fused-ring (bicyclic) bond motifs is 1. The highest BCUT2D eigenvalue weighted by Crippen LogP contribution is 2.28. The molecule has 2 fully saturated rings. The lowest BCUT2D eigenvalue weighted by atomic mass is 10.0. The Kier molecular flexibility index (Phi) is 7.87. The number of carbonyl (C=O) groups excluding carboxylic acids is 5. The average molecular weight is 535 g/mol. The maximum atomic E-state index is 13.2. The van der Waals surface area contributed by atoms with Crippen molar-refractivity contribution < 1.29 is 33.4 Å². The summed E-state index contributed by atoms with van der Waals surface area (Å²) in [6.07, 6.45) is 0.766. The number of ether oxygens (including phenoxy) is 2. The predicted octanol–water partition coefficient (Wildman–Crippen LogP) is 1.71. The van der Waals surface area contributed by atoms with Gasteiger partial charge < -0.3 is 25.0 Å². The molecule has 0 spiro atoms. The fourth-order valence-electron chi connectivity index (χ4n) is 5.07. The molecule has 11 heteroatoms. The van der Waals surface area contributed by atoms with Crippen LogP contribution in [-0.2, 0) is 36.9 Å². The van der Waals surface area contributed by atoms with E-state index in [-0.39, 0.29) is 43.8 Å². The molecular weight excluding hydrogens is 504 g/mol. The number of nitrogens with zero attached hydrogens (tertiary/aromatic N) is 1. The standard InChI is InChI=1S/C28H30N4O7/c33-23-9-8-22(25(34)30-23)32-16-19-14-17(6-7-21(19)27(32)36)15-29-26(35)24(18-4-2-1-3-5-18)31-28(37)39-20-10-12-38-13-11-20/h1-7,14,20,22,24H,8-13,15-16H2,(H,29,35)(H,31,37)(H,30,33,34)/t22?,24-/m0/s1. The molecular formula is C28H30N4O7. The molecule has 2 atom stereocenters. The first-order valence-corrected chi connectivity index (χ1v) is 13.0. The Morgan fingerprint density at radius 1 is 1.05 bits per heavy atom. The zero-order valence-corrected chi connectivity index (χ0v) is 21.3. The van der Waals surface area contributed by atoms with Gasteiger partial charge in [0.05, 0.1) is 13.2 Å². The average Bonchev–Trinajstić information content (AvgIpc) is 3.26. The minimum absolute atomic E-state index is 0.165. The van der Waals surface area contributed by atoms with Gasteiger partial charge in [-0.1, -0.05) is 42.5 Å². The lowest BCUT2D eigenvalue weighted by Crippen LogP contribution is -2.52. The number of carbonyl (C=O) groups is 5. The maximum absolute atomic E-state index is 13.2. The van der Waals surface area contributed by atoms with Gasteiger partial charge in [0.1, 0.15) is 18.2 Å². The van der Waals surface area contributed by atoms with Crippen LogP contribution in [0.3, 0.4) is 0 Å². The van der Waals surface area contributed by atoms with E-state index < -0.39 is 30.0 Å². The fourth-order valence-corrected chi connectivity index (χ4v) is 5.07. The molecule has 3 N–H and O–H groups in total. The number of imide groups is 1. The van der Waals surface area contributed by atoms with E-state index in [1.807, 2.05) is 12.1 Å². The van der Waals surface area contributed by atoms with E-state index in [4.69, 9.17) is 9.47 Å². The molecule has 204 valence electrons. The number of benzene rings is 2. The van der Waals surface area contributed by atoms with Crippen LogP contribution in [-0.4, -0.2) is 60.0 Å². The third-order valence-corrected chi connectivity index (χ3v) is 7.15. The summed E-state index contributed by atoms with van der Waals surface area (Å²) in [5.41, 5.74) is 2.61. The van der Waals surface area contributed by atoms with Gasteiger partial charge in [0, 0.05) is 37.9 Å². The summed E-state index contributed by atoms with van der Waals surface area (Å²) in [6, 6.07) is 12.5. The van der Waals surface area contributed by atoms with Crippen LogP contribution in [0.25, 0.3) is 0 Å². The molecule has 0 saturated carbocycles. The normalized spacial score (nSPS) is 20.2. The van der Waals surface area contributed by atoms with Crippen LogP contribution in [0, 0.1) is 0 Å². The van der Waals surface area contributed by atoms with Crippen molar-refractivity contribution in [3.8, 4) is 0 Å². The monoisotopic (exact) mass is 534 g/mol. The molecule has 3 aliphatic heterocycles. The molecule has 3 aliphatic rings. The van der Waals surface area contributed by atoms with Crippen molar-refractivity contribution in [1.29, 1.82) is 0 Å². The highest BCUT2D eigenvalue weighted by Gasteiger charge is 2.39. The van der Waals surface area contributed by atoms with E-state index in [0.29, 0.717) is 37.2 Å². The van der Waals surface area contributed by atoms with Crippen molar-refractivity contribution in [1.82, 2.24) is 20.9 Å². The number of rotatable bonds is 7. The van der Waals surface area contributed by atoms with Crippen molar-refractivity contribution in [3.05, 3.63) is 70.8 Å². The summed E-state index contributed by atoms with van der Waals surface area (Å²) in [7, 11) is 0. The first-order valence-electron chi connectivity index (χ1n) is 13.0. The van der Waals surface area contributed by atoms with Gasteiger partial charge in [-0.15, -0.1) is 0 Å². The first-order chi connectivity index (χ1) is 18.9. The molecule has 0 aromatic heterocycles. The quantitative estimate of drug-likeness (QED) is 0.459. The second-order valence-electron chi connectivity index (χ2n) is 9.81. The van der Waals surface area contributed by atoms with Crippen molar-refractivity contribution >= 4 is 29.7 Å². The number of piperidine rings is 1. The smallest absolute Gasteiger partial charge is 0.408 e. The van der Waals surface area contributed by atoms with Crippen LogP contribution in [0.1, 0.15) is 58.8 Å². The Hall–Kier alpha value is -4.25. The van der Waals surface area contributed by atoms with Crippen LogP contribution >= 0.6 is 0 Å². The molecule has 0 aliphatic carbocycles. The van der Waals surface area contributed by atoms with Gasteiger partial charge in [0.2, 0.25) is 17.7 Å². The van der Waals surface area contributed by atoms with E-state index in [1.54, 1.807) is 36.4 Å². The Balaban J connectivity index is 1.23. The molecule has 5 rings (SSSR count). The number of alkyl carbamates (subject to hydrolysis) is 1. The molecule has 0 radical (unpaired) electrons. The summed E-state index contributed by atoms with van der Waals surface area (Å²) < 4.78 is 10.8. The second-order valence-corrected chi connectivity index (χ2v) is 9.81. The van der Waals surface area contributed by atoms with Crippen LogP contribution < -0.4 is 16.0 Å². The van der Waals surface area contributed by atoms with Gasteiger partial charge in [-0.3, -0.25) is 24.5 Å². The zero-order valence-electron chi connectivity index (χ0n) is 21.3. The van der Waals surface area contributed by atoms with Gasteiger partial charge in [-0.2, -0.15) is 0 Å². The number of amides is 5. The molecule has 11 nitrogen and oxygen atoms in total. The minimum atomic E-state index is -0.961. The van der Waals surface area contributed by atoms with E-state index in [1.165, 1.54) is 4.90 Å². The Morgan fingerprint density at radius 3 is 2.56 bits per heavy atom. The third-order valence-electron chi connectivity index (χ3n) is 7.15. The lowest BCUT2D eigenvalue weighted by Gasteiger charge is -2.29. The highest BCUT2D eigenvalue weighted by molar-refractivity contribution is 6.05.